The predicted octanol–water partition coefficient (Wildman–Crippen LogP) is 1.18. The summed E-state index contributed by atoms with van der Waals surface area (Å²) >= 11 is 0. The highest BCUT2D eigenvalue weighted by Gasteiger charge is 2.55. The number of hydrogen-bond donors (Lipinski definition) is 3. The molecule has 1 aliphatic carbocycles. The van der Waals surface area contributed by atoms with Gasteiger partial charge < -0.3 is 25.8 Å². The van der Waals surface area contributed by atoms with Crippen LogP contribution >= 0.6 is 0 Å². The van der Waals surface area contributed by atoms with E-state index in [1.54, 1.807) is 7.05 Å². The molecular weight excluding hydrogens is 350 g/mol. The fourth-order valence-electron chi connectivity index (χ4n) is 2.86. The van der Waals surface area contributed by atoms with Crippen molar-refractivity contribution in [1.82, 2.24) is 10.2 Å². The highest BCUT2D eigenvalue weighted by atomic mass is 16.5. The van der Waals surface area contributed by atoms with Crippen molar-refractivity contribution in [1.29, 1.82) is 0 Å². The number of rotatable bonds is 12. The Bertz CT molecular complexity index is 551. The van der Waals surface area contributed by atoms with Gasteiger partial charge in [0.05, 0.1) is 12.0 Å². The van der Waals surface area contributed by atoms with Crippen LogP contribution in [0.3, 0.4) is 0 Å². The van der Waals surface area contributed by atoms with Crippen molar-refractivity contribution in [2.24, 2.45) is 17.1 Å². The zero-order valence-corrected chi connectivity index (χ0v) is 16.6. The third kappa shape index (κ3) is 7.21. The van der Waals surface area contributed by atoms with Gasteiger partial charge in [-0.3, -0.25) is 9.59 Å². The molecule has 0 aliphatic heterocycles. The van der Waals surface area contributed by atoms with Gasteiger partial charge in [-0.2, -0.15) is 0 Å². The molecule has 8 nitrogen and oxygen atoms in total. The summed E-state index contributed by atoms with van der Waals surface area (Å²) in [6.07, 6.45) is 7.70. The zero-order chi connectivity index (χ0) is 20.4. The molecule has 27 heavy (non-hydrogen) atoms. The van der Waals surface area contributed by atoms with Gasteiger partial charge >= 0.3 is 12.0 Å². The lowest BCUT2D eigenvalue weighted by Gasteiger charge is -2.21. The fourth-order valence-corrected chi connectivity index (χ4v) is 2.86. The van der Waals surface area contributed by atoms with E-state index in [1.165, 1.54) is 4.90 Å². The first-order chi connectivity index (χ1) is 12.8. The van der Waals surface area contributed by atoms with Crippen LogP contribution in [0, 0.1) is 11.3 Å². The van der Waals surface area contributed by atoms with Gasteiger partial charge in [0.15, 0.2) is 0 Å². The van der Waals surface area contributed by atoms with Crippen molar-refractivity contribution in [3.8, 4) is 0 Å². The van der Waals surface area contributed by atoms with Crippen LogP contribution in [0.15, 0.2) is 12.2 Å². The Morgan fingerprint density at radius 2 is 2.11 bits per heavy atom. The molecule has 0 bridgehead atoms. The second-order valence-corrected chi connectivity index (χ2v) is 7.21. The van der Waals surface area contributed by atoms with Crippen LogP contribution < -0.4 is 11.1 Å². The largest absolute Gasteiger partial charge is 0.466 e. The number of nitrogens with one attached hydrogen (secondary N) is 1. The van der Waals surface area contributed by atoms with Crippen LogP contribution in [0.4, 0.5) is 4.79 Å². The smallest absolute Gasteiger partial charge is 0.317 e. The number of primary amides is 1. The van der Waals surface area contributed by atoms with Crippen LogP contribution in [0.5, 0.6) is 0 Å². The summed E-state index contributed by atoms with van der Waals surface area (Å²) in [7, 11) is 1.65. The maximum absolute atomic E-state index is 12.0. The van der Waals surface area contributed by atoms with Gasteiger partial charge in [0.1, 0.15) is 6.04 Å². The maximum atomic E-state index is 12.0. The number of hydrogen-bond acceptors (Lipinski definition) is 5. The van der Waals surface area contributed by atoms with E-state index in [4.69, 9.17) is 15.6 Å². The van der Waals surface area contributed by atoms with Gasteiger partial charge in [0.25, 0.3) is 0 Å². The Morgan fingerprint density at radius 1 is 1.41 bits per heavy atom. The van der Waals surface area contributed by atoms with Crippen molar-refractivity contribution in [3.63, 3.8) is 0 Å². The summed E-state index contributed by atoms with van der Waals surface area (Å²) in [5, 5.41) is 11.4. The van der Waals surface area contributed by atoms with E-state index < -0.39 is 11.9 Å². The zero-order valence-electron chi connectivity index (χ0n) is 16.6. The normalized spacial score (nSPS) is 22.3. The van der Waals surface area contributed by atoms with E-state index in [-0.39, 0.29) is 36.4 Å². The topological polar surface area (TPSA) is 122 Å². The van der Waals surface area contributed by atoms with E-state index in [0.717, 1.165) is 25.7 Å². The molecule has 0 spiro atoms. The number of aliphatic hydroxyl groups excluding tert-OH is 1. The molecule has 1 fully saturated rings. The minimum Gasteiger partial charge on any atom is -0.466 e. The first kappa shape index (κ1) is 23.0. The molecule has 1 rings (SSSR count). The standard InChI is InChI=1S/C19H33N3O5/c1-4-27-17(25)19(2)13-14(19)9-7-5-6-8-11-22(3)18(26)21-15(10-12-23)16(20)24/h7,9,14-15,23H,4-6,8,10-13H2,1-3H3,(H2,20,24)(H,21,26)/b9-7-/t14-,15+,19+/m1/s1. The van der Waals surface area contributed by atoms with E-state index in [0.29, 0.717) is 13.2 Å². The molecule has 0 heterocycles. The summed E-state index contributed by atoms with van der Waals surface area (Å²) in [5.41, 5.74) is 4.83. The van der Waals surface area contributed by atoms with Crippen molar-refractivity contribution >= 4 is 17.9 Å². The molecule has 3 atom stereocenters. The quantitative estimate of drug-likeness (QED) is 0.265. The number of esters is 1. The van der Waals surface area contributed by atoms with E-state index in [1.807, 2.05) is 13.8 Å². The van der Waals surface area contributed by atoms with Crippen molar-refractivity contribution in [3.05, 3.63) is 12.2 Å². The fraction of sp³-hybridized carbons (Fsp3) is 0.737. The van der Waals surface area contributed by atoms with Crippen LogP contribution in [-0.4, -0.2) is 60.8 Å². The number of urea groups is 1. The van der Waals surface area contributed by atoms with E-state index in [9.17, 15) is 14.4 Å². The average Bonchev–Trinajstić information content (AvgIpc) is 3.29. The van der Waals surface area contributed by atoms with Crippen molar-refractivity contribution in [2.45, 2.75) is 52.0 Å². The number of aliphatic hydroxyl groups is 1. The molecule has 3 amide bonds. The number of unbranched alkanes of at least 4 members (excludes halogenated alkanes) is 2. The summed E-state index contributed by atoms with van der Waals surface area (Å²) in [6.45, 7) is 4.48. The van der Waals surface area contributed by atoms with Crippen LogP contribution in [0.2, 0.25) is 0 Å². The first-order valence-electron chi connectivity index (χ1n) is 9.52. The molecule has 0 saturated heterocycles. The summed E-state index contributed by atoms with van der Waals surface area (Å²) < 4.78 is 5.09. The summed E-state index contributed by atoms with van der Waals surface area (Å²) in [4.78, 5) is 36.5. The Hall–Kier alpha value is -2.09. The highest BCUT2D eigenvalue weighted by Crippen LogP contribution is 2.54. The van der Waals surface area contributed by atoms with Gasteiger partial charge in [0, 0.05) is 20.2 Å². The van der Waals surface area contributed by atoms with Gasteiger partial charge in [-0.05, 0) is 51.9 Å². The van der Waals surface area contributed by atoms with E-state index >= 15 is 0 Å². The first-order valence-corrected chi connectivity index (χ1v) is 9.52. The number of nitrogens with zero attached hydrogens (tertiary/aromatic N) is 1. The van der Waals surface area contributed by atoms with Gasteiger partial charge in [0.2, 0.25) is 5.91 Å². The highest BCUT2D eigenvalue weighted by molar-refractivity contribution is 5.85. The predicted molar refractivity (Wildman–Crippen MR) is 102 cm³/mol. The number of nitrogens with two attached hydrogens (primary N) is 1. The second-order valence-electron chi connectivity index (χ2n) is 7.21. The summed E-state index contributed by atoms with van der Waals surface area (Å²) in [5.74, 6) is -0.532. The molecule has 0 aromatic heterocycles. The molecule has 1 saturated carbocycles. The molecule has 8 heteroatoms. The van der Waals surface area contributed by atoms with Crippen LogP contribution in [0.1, 0.15) is 46.0 Å². The monoisotopic (exact) mass is 383 g/mol. The number of carbonyl (C=O) groups is 3. The van der Waals surface area contributed by atoms with Crippen LogP contribution in [-0.2, 0) is 14.3 Å². The number of ether oxygens (including phenoxy) is 1. The Kier molecular flexibility index (Phi) is 9.28. The Morgan fingerprint density at radius 3 is 2.70 bits per heavy atom. The molecule has 0 radical (unpaired) electrons. The summed E-state index contributed by atoms with van der Waals surface area (Å²) in [6, 6.07) is -1.24. The molecule has 0 aromatic rings. The molecule has 154 valence electrons. The molecule has 0 aromatic carbocycles. The lowest BCUT2D eigenvalue weighted by molar-refractivity contribution is -0.149. The molecule has 1 aliphatic rings. The van der Waals surface area contributed by atoms with Crippen molar-refractivity contribution < 1.29 is 24.2 Å². The lowest BCUT2D eigenvalue weighted by atomic mass is 10.1. The lowest BCUT2D eigenvalue weighted by Crippen LogP contribution is -2.49. The molecule has 4 N–H and O–H groups in total. The third-order valence-electron chi connectivity index (χ3n) is 4.93. The molecule has 0 unspecified atom stereocenters. The van der Waals surface area contributed by atoms with Gasteiger partial charge in [-0.1, -0.05) is 12.2 Å². The Labute approximate surface area is 161 Å². The Balaban J connectivity index is 2.21. The minimum absolute atomic E-state index is 0.103. The van der Waals surface area contributed by atoms with Crippen molar-refractivity contribution in [2.75, 3.05) is 26.8 Å². The third-order valence-corrected chi connectivity index (χ3v) is 4.93. The average molecular weight is 383 g/mol. The SMILES string of the molecule is CCOC(=O)[C@@]1(C)C[C@H]1/C=C\CCCCN(C)C(=O)N[C@@H](CCO)C(N)=O. The van der Waals surface area contributed by atoms with E-state index in [2.05, 4.69) is 17.5 Å². The number of amides is 3. The van der Waals surface area contributed by atoms with Crippen LogP contribution in [0.25, 0.3) is 0 Å². The van der Waals surface area contributed by atoms with Gasteiger partial charge in [-0.15, -0.1) is 0 Å². The minimum atomic E-state index is -0.861. The maximum Gasteiger partial charge on any atom is 0.317 e. The number of allylic oxidation sites excluding steroid dienone is 2. The second kappa shape index (κ2) is 10.9. The van der Waals surface area contributed by atoms with Gasteiger partial charge in [-0.25, -0.2) is 4.79 Å². The number of carbonyl (C=O) groups excluding carboxylic acids is 3. The molecular formula is C19H33N3O5.